The minimum absolute atomic E-state index is 0.0241. The second kappa shape index (κ2) is 6.46. The molecule has 0 saturated heterocycles. The van der Waals surface area contributed by atoms with Gasteiger partial charge in [0.15, 0.2) is 0 Å². The third kappa shape index (κ3) is 3.02. The average Bonchev–Trinajstić information content (AvgIpc) is 3.10. The first-order valence-electron chi connectivity index (χ1n) is 7.83. The van der Waals surface area contributed by atoms with E-state index in [-0.39, 0.29) is 5.56 Å². The van der Waals surface area contributed by atoms with Gasteiger partial charge in [0.2, 0.25) is 5.95 Å². The van der Waals surface area contributed by atoms with Crippen LogP contribution in [-0.2, 0) is 0 Å². The molecular weight excluding hydrogens is 335 g/mol. The van der Waals surface area contributed by atoms with Gasteiger partial charge in [0.05, 0.1) is 21.5 Å². The fraction of sp³-hybridized carbons (Fsp3) is 0.105. The van der Waals surface area contributed by atoms with Crippen molar-refractivity contribution in [1.29, 1.82) is 5.26 Å². The quantitative estimate of drug-likeness (QED) is 0.722. The van der Waals surface area contributed by atoms with Crippen LogP contribution in [0.4, 0.5) is 10.3 Å². The first-order chi connectivity index (χ1) is 12.2. The van der Waals surface area contributed by atoms with E-state index in [0.29, 0.717) is 17.2 Å². The average molecular weight is 348 g/mol. The molecule has 1 aliphatic rings. The minimum Gasteiger partial charge on any atom is -0.324 e. The normalized spacial score (nSPS) is 13.5. The fourth-order valence-corrected chi connectivity index (χ4v) is 3.55. The SMILES string of the molecule is N#Cc1ccc(-c2nc(NC3=CCCC=C3)nc3ccsc23)cc1F. The molecule has 0 saturated carbocycles. The molecule has 0 radical (unpaired) electrons. The van der Waals surface area contributed by atoms with Gasteiger partial charge in [-0.3, -0.25) is 0 Å². The molecular formula is C19H13FN4S. The van der Waals surface area contributed by atoms with E-state index in [9.17, 15) is 4.39 Å². The van der Waals surface area contributed by atoms with Gasteiger partial charge < -0.3 is 5.32 Å². The van der Waals surface area contributed by atoms with Crippen LogP contribution in [0, 0.1) is 17.1 Å². The molecule has 2 heterocycles. The predicted octanol–water partition coefficient (Wildman–Crippen LogP) is 5.01. The van der Waals surface area contributed by atoms with Crippen molar-refractivity contribution in [3.63, 3.8) is 0 Å². The summed E-state index contributed by atoms with van der Waals surface area (Å²) in [6, 6.07) is 8.30. The van der Waals surface area contributed by atoms with E-state index in [1.165, 1.54) is 23.5 Å². The van der Waals surface area contributed by atoms with Crippen molar-refractivity contribution in [1.82, 2.24) is 9.97 Å². The Labute approximate surface area is 148 Å². The Balaban J connectivity index is 1.81. The second-order valence-corrected chi connectivity index (χ2v) is 6.52. The van der Waals surface area contributed by atoms with Crippen molar-refractivity contribution in [2.45, 2.75) is 12.8 Å². The molecule has 6 heteroatoms. The summed E-state index contributed by atoms with van der Waals surface area (Å²) in [5.41, 5.74) is 3.07. The van der Waals surface area contributed by atoms with Gasteiger partial charge in [-0.1, -0.05) is 18.2 Å². The highest BCUT2D eigenvalue weighted by Crippen LogP contribution is 2.32. The van der Waals surface area contributed by atoms with Gasteiger partial charge in [-0.05, 0) is 42.5 Å². The van der Waals surface area contributed by atoms with E-state index in [1.807, 2.05) is 23.6 Å². The summed E-state index contributed by atoms with van der Waals surface area (Å²) in [6.07, 6.45) is 8.22. The molecule has 1 aliphatic carbocycles. The molecule has 0 bridgehead atoms. The number of anilines is 1. The van der Waals surface area contributed by atoms with Crippen LogP contribution in [0.1, 0.15) is 18.4 Å². The van der Waals surface area contributed by atoms with Crippen LogP contribution in [0.5, 0.6) is 0 Å². The summed E-state index contributed by atoms with van der Waals surface area (Å²) < 4.78 is 14.9. The molecule has 25 heavy (non-hydrogen) atoms. The van der Waals surface area contributed by atoms with Crippen molar-refractivity contribution < 1.29 is 4.39 Å². The Hall–Kier alpha value is -3.04. The van der Waals surface area contributed by atoms with Gasteiger partial charge in [-0.15, -0.1) is 11.3 Å². The lowest BCUT2D eigenvalue weighted by Crippen LogP contribution is -2.04. The predicted molar refractivity (Wildman–Crippen MR) is 97.6 cm³/mol. The monoisotopic (exact) mass is 348 g/mol. The van der Waals surface area contributed by atoms with Gasteiger partial charge in [0.25, 0.3) is 0 Å². The van der Waals surface area contributed by atoms with Crippen molar-refractivity contribution in [2.24, 2.45) is 0 Å². The highest BCUT2D eigenvalue weighted by atomic mass is 32.1. The number of aromatic nitrogens is 2. The van der Waals surface area contributed by atoms with Crippen LogP contribution >= 0.6 is 11.3 Å². The Morgan fingerprint density at radius 1 is 1.20 bits per heavy atom. The zero-order valence-corrected chi connectivity index (χ0v) is 14.0. The Morgan fingerprint density at radius 2 is 2.12 bits per heavy atom. The number of benzene rings is 1. The molecule has 0 atom stereocenters. The summed E-state index contributed by atoms with van der Waals surface area (Å²) in [6.45, 7) is 0. The molecule has 4 rings (SSSR count). The number of hydrogen-bond acceptors (Lipinski definition) is 5. The van der Waals surface area contributed by atoms with E-state index < -0.39 is 5.82 Å². The lowest BCUT2D eigenvalue weighted by Gasteiger charge is -2.11. The minimum atomic E-state index is -0.546. The zero-order valence-electron chi connectivity index (χ0n) is 13.2. The van der Waals surface area contributed by atoms with Crippen molar-refractivity contribution in [3.05, 3.63) is 65.0 Å². The largest absolute Gasteiger partial charge is 0.324 e. The van der Waals surface area contributed by atoms with E-state index in [0.717, 1.165) is 28.8 Å². The number of thiophene rings is 1. The lowest BCUT2D eigenvalue weighted by molar-refractivity contribution is 0.624. The van der Waals surface area contributed by atoms with Crippen molar-refractivity contribution in [3.8, 4) is 17.3 Å². The number of fused-ring (bicyclic) bond motifs is 1. The van der Waals surface area contributed by atoms with Crippen LogP contribution in [0.25, 0.3) is 21.5 Å². The van der Waals surface area contributed by atoms with Crippen LogP contribution in [0.15, 0.2) is 53.6 Å². The topological polar surface area (TPSA) is 61.6 Å². The number of allylic oxidation sites excluding steroid dienone is 3. The van der Waals surface area contributed by atoms with Crippen LogP contribution < -0.4 is 5.32 Å². The molecule has 2 aromatic heterocycles. The highest BCUT2D eigenvalue weighted by Gasteiger charge is 2.14. The summed E-state index contributed by atoms with van der Waals surface area (Å²) in [5, 5.41) is 14.1. The number of hydrogen-bond donors (Lipinski definition) is 1. The third-order valence-electron chi connectivity index (χ3n) is 3.92. The van der Waals surface area contributed by atoms with Gasteiger partial charge in [0.1, 0.15) is 11.9 Å². The maximum absolute atomic E-state index is 14.0. The Kier molecular flexibility index (Phi) is 4.00. The number of nitrogens with zero attached hydrogens (tertiary/aromatic N) is 3. The molecule has 0 unspecified atom stereocenters. The molecule has 0 amide bonds. The van der Waals surface area contributed by atoms with E-state index >= 15 is 0 Å². The standard InChI is InChI=1S/C19H13FN4S/c20-15-10-12(6-7-13(15)11-21)17-18-16(8-9-25-18)23-19(24-17)22-14-4-2-1-3-5-14/h2,4-10H,1,3H2,(H,22,23,24). The zero-order chi connectivity index (χ0) is 17.2. The van der Waals surface area contributed by atoms with Gasteiger partial charge in [-0.2, -0.15) is 5.26 Å². The summed E-state index contributed by atoms with van der Waals surface area (Å²) in [5.74, 6) is -0.0702. The van der Waals surface area contributed by atoms with E-state index in [2.05, 4.69) is 27.4 Å². The number of rotatable bonds is 3. The maximum Gasteiger partial charge on any atom is 0.228 e. The van der Waals surface area contributed by atoms with Gasteiger partial charge in [0, 0.05) is 11.3 Å². The van der Waals surface area contributed by atoms with Crippen LogP contribution in [0.2, 0.25) is 0 Å². The van der Waals surface area contributed by atoms with Crippen molar-refractivity contribution >= 4 is 27.5 Å². The summed E-state index contributed by atoms with van der Waals surface area (Å²) in [4.78, 5) is 9.14. The molecule has 0 spiro atoms. The molecule has 1 aromatic carbocycles. The lowest BCUT2D eigenvalue weighted by atomic mass is 10.1. The Morgan fingerprint density at radius 3 is 2.88 bits per heavy atom. The molecule has 122 valence electrons. The number of nitriles is 1. The van der Waals surface area contributed by atoms with E-state index in [4.69, 9.17) is 5.26 Å². The molecule has 0 aliphatic heterocycles. The molecule has 0 fully saturated rings. The van der Waals surface area contributed by atoms with E-state index in [1.54, 1.807) is 6.07 Å². The fourth-order valence-electron chi connectivity index (χ4n) is 2.70. The maximum atomic E-state index is 14.0. The Bertz CT molecular complexity index is 1060. The second-order valence-electron chi connectivity index (χ2n) is 5.60. The summed E-state index contributed by atoms with van der Waals surface area (Å²) in [7, 11) is 0. The van der Waals surface area contributed by atoms with Gasteiger partial charge in [-0.25, -0.2) is 14.4 Å². The van der Waals surface area contributed by atoms with Crippen LogP contribution in [-0.4, -0.2) is 9.97 Å². The van der Waals surface area contributed by atoms with Gasteiger partial charge >= 0.3 is 0 Å². The smallest absolute Gasteiger partial charge is 0.228 e. The van der Waals surface area contributed by atoms with Crippen molar-refractivity contribution in [2.75, 3.05) is 5.32 Å². The number of halogens is 1. The first-order valence-corrected chi connectivity index (χ1v) is 8.71. The number of nitrogens with one attached hydrogen (secondary N) is 1. The molecule has 3 aromatic rings. The summed E-state index contributed by atoms with van der Waals surface area (Å²) >= 11 is 1.51. The molecule has 4 nitrogen and oxygen atoms in total. The highest BCUT2D eigenvalue weighted by molar-refractivity contribution is 7.17. The first kappa shape index (κ1) is 15.5. The molecule has 1 N–H and O–H groups in total. The van der Waals surface area contributed by atoms with Crippen LogP contribution in [0.3, 0.4) is 0 Å². The third-order valence-corrected chi connectivity index (χ3v) is 4.83.